The van der Waals surface area contributed by atoms with Gasteiger partial charge in [-0.2, -0.15) is 0 Å². The number of carboxylic acid groups (broad SMARTS) is 1. The Morgan fingerprint density at radius 3 is 2.58 bits per heavy atom. The summed E-state index contributed by atoms with van der Waals surface area (Å²) in [5, 5.41) is 12.0. The van der Waals surface area contributed by atoms with Crippen molar-refractivity contribution in [3.8, 4) is 0 Å². The molecule has 104 valence electrons. The molecular weight excluding hydrogens is 264 g/mol. The van der Waals surface area contributed by atoms with Gasteiger partial charge in [-0.25, -0.2) is 4.98 Å². The Hall–Kier alpha value is -1.43. The Bertz CT molecular complexity index is 518. The van der Waals surface area contributed by atoms with E-state index >= 15 is 0 Å². The van der Waals surface area contributed by atoms with Gasteiger partial charge >= 0.3 is 5.97 Å². The molecule has 1 aliphatic rings. The van der Waals surface area contributed by atoms with Crippen LogP contribution in [0.15, 0.2) is 5.38 Å². The summed E-state index contributed by atoms with van der Waals surface area (Å²) >= 11 is 1.42. The van der Waals surface area contributed by atoms with E-state index in [4.69, 9.17) is 0 Å². The molecule has 1 aromatic heterocycles. The highest BCUT2D eigenvalue weighted by molar-refractivity contribution is 7.09. The first kappa shape index (κ1) is 14.0. The van der Waals surface area contributed by atoms with Gasteiger partial charge in [-0.15, -0.1) is 11.3 Å². The lowest BCUT2D eigenvalue weighted by atomic mass is 9.98. The van der Waals surface area contributed by atoms with Crippen LogP contribution < -0.4 is 0 Å². The second-order valence-electron chi connectivity index (χ2n) is 5.86. The Labute approximate surface area is 116 Å². The van der Waals surface area contributed by atoms with Gasteiger partial charge in [0.2, 0.25) is 5.91 Å². The molecule has 0 bridgehead atoms. The molecule has 1 N–H and O–H groups in total. The van der Waals surface area contributed by atoms with E-state index in [2.05, 4.69) is 4.98 Å². The molecule has 0 aromatic carbocycles. The summed E-state index contributed by atoms with van der Waals surface area (Å²) in [6, 6.07) is -0.455. The van der Waals surface area contributed by atoms with Crippen molar-refractivity contribution in [1.29, 1.82) is 0 Å². The number of rotatable bonds is 2. The van der Waals surface area contributed by atoms with Crippen LogP contribution in [0.2, 0.25) is 0 Å². The summed E-state index contributed by atoms with van der Waals surface area (Å²) in [5.41, 5.74) is 0.447. The molecule has 1 saturated heterocycles. The predicted molar refractivity (Wildman–Crippen MR) is 71.9 cm³/mol. The number of aromatic nitrogens is 1. The highest BCUT2D eigenvalue weighted by Gasteiger charge is 2.49. The van der Waals surface area contributed by atoms with Gasteiger partial charge in [-0.3, -0.25) is 9.59 Å². The van der Waals surface area contributed by atoms with Crippen molar-refractivity contribution in [2.45, 2.75) is 45.7 Å². The largest absolute Gasteiger partial charge is 0.481 e. The molecule has 0 saturated carbocycles. The molecule has 19 heavy (non-hydrogen) atoms. The van der Waals surface area contributed by atoms with Gasteiger partial charge in [-0.05, 0) is 27.7 Å². The number of amides is 1. The van der Waals surface area contributed by atoms with Crippen LogP contribution in [0.3, 0.4) is 0 Å². The first-order chi connectivity index (χ1) is 8.71. The summed E-state index contributed by atoms with van der Waals surface area (Å²) < 4.78 is 0. The zero-order valence-corrected chi connectivity index (χ0v) is 12.3. The lowest BCUT2D eigenvalue weighted by Crippen LogP contribution is -2.44. The molecule has 2 heterocycles. The summed E-state index contributed by atoms with van der Waals surface area (Å²) in [5.74, 6) is -1.76. The van der Waals surface area contributed by atoms with Gasteiger partial charge in [-0.1, -0.05) is 0 Å². The van der Waals surface area contributed by atoms with E-state index in [9.17, 15) is 14.7 Å². The summed E-state index contributed by atoms with van der Waals surface area (Å²) in [6.45, 7) is 7.63. The van der Waals surface area contributed by atoms with Crippen molar-refractivity contribution in [2.75, 3.05) is 0 Å². The predicted octanol–water partition coefficient (Wildman–Crippen LogP) is 2.22. The van der Waals surface area contributed by atoms with Gasteiger partial charge in [0.05, 0.1) is 12.0 Å². The smallest absolute Gasteiger partial charge is 0.309 e. The van der Waals surface area contributed by atoms with E-state index in [0.29, 0.717) is 5.01 Å². The molecule has 2 atom stereocenters. The fraction of sp³-hybridized carbons (Fsp3) is 0.615. The van der Waals surface area contributed by atoms with Crippen LogP contribution in [0.4, 0.5) is 0 Å². The van der Waals surface area contributed by atoms with E-state index in [1.54, 1.807) is 4.90 Å². The van der Waals surface area contributed by atoms with E-state index < -0.39 is 23.5 Å². The Morgan fingerprint density at radius 2 is 2.16 bits per heavy atom. The van der Waals surface area contributed by atoms with Gasteiger partial charge in [0, 0.05) is 23.0 Å². The number of carbonyl (C=O) groups is 2. The van der Waals surface area contributed by atoms with Crippen molar-refractivity contribution in [3.63, 3.8) is 0 Å². The molecule has 6 heteroatoms. The molecule has 1 amide bonds. The number of carboxylic acids is 1. The maximum absolute atomic E-state index is 12.2. The van der Waals surface area contributed by atoms with Crippen LogP contribution in [-0.2, 0) is 9.59 Å². The molecular formula is C13H18N2O3S. The molecule has 0 spiro atoms. The summed E-state index contributed by atoms with van der Waals surface area (Å²) in [7, 11) is 0. The molecule has 0 radical (unpaired) electrons. The lowest BCUT2D eigenvalue weighted by Gasteiger charge is -2.37. The third-order valence-electron chi connectivity index (χ3n) is 3.25. The highest BCUT2D eigenvalue weighted by atomic mass is 32.1. The van der Waals surface area contributed by atoms with Crippen LogP contribution in [0, 0.1) is 12.8 Å². The Balaban J connectivity index is 2.47. The number of likely N-dealkylation sites (tertiary alicyclic amines) is 1. The minimum atomic E-state index is -0.932. The summed E-state index contributed by atoms with van der Waals surface area (Å²) in [4.78, 5) is 29.6. The van der Waals surface area contributed by atoms with Crippen molar-refractivity contribution >= 4 is 23.2 Å². The number of aryl methyl sites for hydroxylation is 1. The monoisotopic (exact) mass is 282 g/mol. The molecule has 2 rings (SSSR count). The van der Waals surface area contributed by atoms with Crippen LogP contribution in [-0.4, -0.2) is 32.4 Å². The minimum Gasteiger partial charge on any atom is -0.481 e. The number of carbonyl (C=O) groups excluding carboxylic acids is 1. The van der Waals surface area contributed by atoms with E-state index in [1.165, 1.54) is 11.3 Å². The van der Waals surface area contributed by atoms with Crippen LogP contribution >= 0.6 is 11.3 Å². The third kappa shape index (κ3) is 2.49. The zero-order valence-electron chi connectivity index (χ0n) is 11.5. The fourth-order valence-electron chi connectivity index (χ4n) is 2.54. The molecule has 1 aliphatic heterocycles. The maximum atomic E-state index is 12.2. The molecule has 2 unspecified atom stereocenters. The fourth-order valence-corrected chi connectivity index (χ4v) is 3.49. The van der Waals surface area contributed by atoms with E-state index in [0.717, 1.165) is 5.69 Å². The number of nitrogens with zero attached hydrogens (tertiary/aromatic N) is 2. The number of aliphatic carboxylic acids is 1. The first-order valence-corrected chi connectivity index (χ1v) is 7.07. The number of thiazole rings is 1. The average molecular weight is 282 g/mol. The zero-order chi connectivity index (χ0) is 14.4. The molecule has 0 aliphatic carbocycles. The second kappa shape index (κ2) is 4.59. The van der Waals surface area contributed by atoms with Gasteiger partial charge in [0.25, 0.3) is 0 Å². The van der Waals surface area contributed by atoms with Gasteiger partial charge in [0.1, 0.15) is 5.01 Å². The maximum Gasteiger partial charge on any atom is 0.309 e. The third-order valence-corrected chi connectivity index (χ3v) is 4.29. The second-order valence-corrected chi connectivity index (χ2v) is 6.75. The standard InChI is InChI=1S/C13H18N2O3S/c1-7-6-19-11(14-7)10-8(12(17)18)5-9(16)15(10)13(2,3)4/h6,8,10H,5H2,1-4H3,(H,17,18). The van der Waals surface area contributed by atoms with Crippen LogP contribution in [0.5, 0.6) is 0 Å². The number of hydrogen-bond acceptors (Lipinski definition) is 4. The van der Waals surface area contributed by atoms with Crippen LogP contribution in [0.25, 0.3) is 0 Å². The van der Waals surface area contributed by atoms with Crippen molar-refractivity contribution in [3.05, 3.63) is 16.1 Å². The highest BCUT2D eigenvalue weighted by Crippen LogP contribution is 2.43. The van der Waals surface area contributed by atoms with Gasteiger partial charge in [0.15, 0.2) is 0 Å². The first-order valence-electron chi connectivity index (χ1n) is 6.19. The Morgan fingerprint density at radius 1 is 1.53 bits per heavy atom. The van der Waals surface area contributed by atoms with Crippen molar-refractivity contribution in [1.82, 2.24) is 9.88 Å². The van der Waals surface area contributed by atoms with E-state index in [1.807, 2.05) is 33.1 Å². The van der Waals surface area contributed by atoms with Crippen molar-refractivity contribution in [2.24, 2.45) is 5.92 Å². The minimum absolute atomic E-state index is 0.0515. The SMILES string of the molecule is Cc1csc(C2C(C(=O)O)CC(=O)N2C(C)(C)C)n1. The van der Waals surface area contributed by atoms with Crippen LogP contribution in [0.1, 0.15) is 43.9 Å². The normalized spacial score (nSPS) is 24.0. The lowest BCUT2D eigenvalue weighted by molar-refractivity contribution is -0.142. The topological polar surface area (TPSA) is 70.5 Å². The summed E-state index contributed by atoms with van der Waals surface area (Å²) in [6.07, 6.45) is 0.0515. The van der Waals surface area contributed by atoms with Gasteiger partial charge < -0.3 is 10.0 Å². The molecule has 1 fully saturated rings. The quantitative estimate of drug-likeness (QED) is 0.903. The number of hydrogen-bond donors (Lipinski definition) is 1. The average Bonchev–Trinajstić information content (AvgIpc) is 2.80. The Kier molecular flexibility index (Phi) is 3.38. The van der Waals surface area contributed by atoms with E-state index in [-0.39, 0.29) is 12.3 Å². The molecule has 5 nitrogen and oxygen atoms in total. The van der Waals surface area contributed by atoms with Crippen molar-refractivity contribution < 1.29 is 14.7 Å². The molecule has 1 aromatic rings.